The fourth-order valence-corrected chi connectivity index (χ4v) is 8.24. The predicted molar refractivity (Wildman–Crippen MR) is 118 cm³/mol. The van der Waals surface area contributed by atoms with E-state index >= 15 is 0 Å². The molecule has 0 heterocycles. The van der Waals surface area contributed by atoms with Crippen molar-refractivity contribution in [3.8, 4) is 0 Å². The number of ketones is 3. The van der Waals surface area contributed by atoms with Crippen LogP contribution in [0, 0.1) is 46.3 Å². The number of hydrogen-bond donors (Lipinski definition) is 1. The summed E-state index contributed by atoms with van der Waals surface area (Å²) in [5, 5.41) is 2.87. The van der Waals surface area contributed by atoms with Crippen LogP contribution in [0.25, 0.3) is 0 Å². The van der Waals surface area contributed by atoms with Gasteiger partial charge in [-0.05, 0) is 67.6 Å². The van der Waals surface area contributed by atoms with Crippen LogP contribution in [0.5, 0.6) is 0 Å². The van der Waals surface area contributed by atoms with E-state index in [0.717, 1.165) is 25.7 Å². The van der Waals surface area contributed by atoms with Gasteiger partial charge in [-0.25, -0.2) is 0 Å². The summed E-state index contributed by atoms with van der Waals surface area (Å²) in [6, 6.07) is 0. The lowest BCUT2D eigenvalue weighted by Gasteiger charge is -2.58. The molecule has 0 unspecified atom stereocenters. The molecule has 0 aliphatic heterocycles. The topological polar surface area (TPSA) is 80.3 Å². The monoisotopic (exact) mass is 429 g/mol. The Morgan fingerprint density at radius 1 is 1.10 bits per heavy atom. The molecule has 0 spiro atoms. The van der Waals surface area contributed by atoms with Gasteiger partial charge in [0.15, 0.2) is 0 Å². The molecule has 4 aliphatic rings. The van der Waals surface area contributed by atoms with E-state index in [-0.39, 0.29) is 52.6 Å². The third kappa shape index (κ3) is 3.51. The minimum Gasteiger partial charge on any atom is -0.356 e. The number of rotatable bonds is 5. The second kappa shape index (κ2) is 8.12. The molecule has 4 saturated carbocycles. The van der Waals surface area contributed by atoms with Crippen molar-refractivity contribution in [2.75, 3.05) is 6.54 Å². The zero-order valence-corrected chi connectivity index (χ0v) is 19.7. The van der Waals surface area contributed by atoms with Crippen molar-refractivity contribution < 1.29 is 19.2 Å². The van der Waals surface area contributed by atoms with E-state index in [0.29, 0.717) is 50.2 Å². The molecule has 172 valence electrons. The van der Waals surface area contributed by atoms with Gasteiger partial charge in [0.05, 0.1) is 0 Å². The van der Waals surface area contributed by atoms with Crippen LogP contribution in [0.3, 0.4) is 0 Å². The third-order valence-electron chi connectivity index (χ3n) is 10.1. The van der Waals surface area contributed by atoms with Crippen molar-refractivity contribution in [2.24, 2.45) is 46.3 Å². The van der Waals surface area contributed by atoms with Crippen LogP contribution in [0.15, 0.2) is 0 Å². The Labute approximate surface area is 186 Å². The Morgan fingerprint density at radius 2 is 1.84 bits per heavy atom. The van der Waals surface area contributed by atoms with Crippen molar-refractivity contribution in [3.63, 3.8) is 0 Å². The van der Waals surface area contributed by atoms with Gasteiger partial charge < -0.3 is 5.32 Å². The molecule has 0 aromatic carbocycles. The fourth-order valence-electron chi connectivity index (χ4n) is 8.24. The molecule has 1 N–H and O–H groups in total. The van der Waals surface area contributed by atoms with Crippen molar-refractivity contribution >= 4 is 23.3 Å². The highest BCUT2D eigenvalue weighted by Crippen LogP contribution is 2.66. The first-order valence-corrected chi connectivity index (χ1v) is 12.5. The molecular weight excluding hydrogens is 390 g/mol. The normalized spacial score (nSPS) is 43.1. The summed E-state index contributed by atoms with van der Waals surface area (Å²) < 4.78 is 0. The van der Waals surface area contributed by atoms with Gasteiger partial charge >= 0.3 is 0 Å². The maximum Gasteiger partial charge on any atom is 0.219 e. The van der Waals surface area contributed by atoms with Crippen molar-refractivity contribution in [1.82, 2.24) is 5.32 Å². The summed E-state index contributed by atoms with van der Waals surface area (Å²) in [7, 11) is 0. The maximum atomic E-state index is 13.7. The lowest BCUT2D eigenvalue weighted by molar-refractivity contribution is -0.166. The Balaban J connectivity index is 1.57. The summed E-state index contributed by atoms with van der Waals surface area (Å²) in [6.45, 7) is 9.14. The second-order valence-electron chi connectivity index (χ2n) is 11.4. The minimum atomic E-state index is -0.453. The second-order valence-corrected chi connectivity index (χ2v) is 11.4. The van der Waals surface area contributed by atoms with Gasteiger partial charge in [-0.15, -0.1) is 0 Å². The van der Waals surface area contributed by atoms with Gasteiger partial charge in [0, 0.05) is 50.0 Å². The van der Waals surface area contributed by atoms with Crippen LogP contribution in [-0.2, 0) is 19.2 Å². The summed E-state index contributed by atoms with van der Waals surface area (Å²) in [6.07, 6.45) is 6.14. The van der Waals surface area contributed by atoms with Crippen LogP contribution < -0.4 is 5.32 Å². The lowest BCUT2D eigenvalue weighted by atomic mass is 9.44. The maximum absolute atomic E-state index is 13.7. The molecule has 5 nitrogen and oxygen atoms in total. The van der Waals surface area contributed by atoms with E-state index in [1.54, 1.807) is 0 Å². The molecule has 1 amide bonds. The summed E-state index contributed by atoms with van der Waals surface area (Å²) >= 11 is 0. The summed E-state index contributed by atoms with van der Waals surface area (Å²) in [5.74, 6) is 1.84. The zero-order chi connectivity index (χ0) is 22.6. The van der Waals surface area contributed by atoms with Crippen LogP contribution >= 0.6 is 0 Å². The number of Topliss-reactive ketones (excluding diaryl/α,β-unsaturated/α-hetero) is 3. The number of carbonyl (C=O) groups is 4. The van der Waals surface area contributed by atoms with Crippen molar-refractivity contribution in [2.45, 2.75) is 85.5 Å². The molecule has 5 heteroatoms. The first-order valence-electron chi connectivity index (χ1n) is 12.5. The molecule has 0 radical (unpaired) electrons. The molecule has 4 aliphatic carbocycles. The van der Waals surface area contributed by atoms with Gasteiger partial charge in [-0.3, -0.25) is 19.2 Å². The molecule has 31 heavy (non-hydrogen) atoms. The van der Waals surface area contributed by atoms with Crippen LogP contribution in [0.1, 0.15) is 85.5 Å². The Bertz CT molecular complexity index is 790. The van der Waals surface area contributed by atoms with E-state index in [1.807, 2.05) is 6.92 Å². The van der Waals surface area contributed by atoms with Crippen LogP contribution in [0.4, 0.5) is 0 Å². The van der Waals surface area contributed by atoms with E-state index < -0.39 is 5.41 Å². The first-order chi connectivity index (χ1) is 14.6. The number of carbonyl (C=O) groups excluding carboxylic acids is 4. The molecule has 0 aromatic heterocycles. The smallest absolute Gasteiger partial charge is 0.219 e. The number of fused-ring (bicyclic) bond motifs is 5. The Hall–Kier alpha value is -1.52. The number of hydrogen-bond acceptors (Lipinski definition) is 4. The number of nitrogens with one attached hydrogen (secondary N) is 1. The van der Waals surface area contributed by atoms with Gasteiger partial charge in [0.25, 0.3) is 0 Å². The van der Waals surface area contributed by atoms with E-state index in [2.05, 4.69) is 26.1 Å². The van der Waals surface area contributed by atoms with Gasteiger partial charge in [-0.2, -0.15) is 0 Å². The van der Waals surface area contributed by atoms with Crippen molar-refractivity contribution in [3.05, 3.63) is 0 Å². The average Bonchev–Trinajstić information content (AvgIpc) is 3.07. The van der Waals surface area contributed by atoms with Gasteiger partial charge in [0.2, 0.25) is 5.91 Å². The molecule has 0 aromatic rings. The highest BCUT2D eigenvalue weighted by Gasteiger charge is 2.66. The van der Waals surface area contributed by atoms with E-state index in [9.17, 15) is 19.2 Å². The summed E-state index contributed by atoms with van der Waals surface area (Å²) in [4.78, 5) is 51.2. The molecule has 4 rings (SSSR count). The molecule has 8 atom stereocenters. The molecule has 0 bridgehead atoms. The SMILES string of the molecule is CCNC(=O)CC[C@@H](C)[C@H]1CC[C@H]2[C@@H]3C(=O)C[C@@H]4CC(=O)CC[C@]4(C)[C@H]3CC(=O)[C@]12C. The first kappa shape index (κ1) is 22.7. The quantitative estimate of drug-likeness (QED) is 0.713. The average molecular weight is 430 g/mol. The molecule has 0 saturated heterocycles. The van der Waals surface area contributed by atoms with Gasteiger partial charge in [-0.1, -0.05) is 20.8 Å². The standard InChI is InChI=1S/C26H39NO4/c1-5-27-23(31)9-6-15(2)18-7-8-19-24-20(14-22(30)26(18,19)4)25(3)11-10-17(28)12-16(25)13-21(24)29/h15-16,18-20,24H,5-14H2,1-4H3,(H,27,31)/t15-,16+,18-,19+,20+,24+,25+,26-/m1/s1. The summed E-state index contributed by atoms with van der Waals surface area (Å²) in [5.41, 5.74) is -0.517. The van der Waals surface area contributed by atoms with Crippen molar-refractivity contribution in [1.29, 1.82) is 0 Å². The van der Waals surface area contributed by atoms with Crippen LogP contribution in [0.2, 0.25) is 0 Å². The van der Waals surface area contributed by atoms with Crippen LogP contribution in [-0.4, -0.2) is 29.8 Å². The number of amides is 1. The third-order valence-corrected chi connectivity index (χ3v) is 10.1. The fraction of sp³-hybridized carbons (Fsp3) is 0.846. The Morgan fingerprint density at radius 3 is 2.55 bits per heavy atom. The zero-order valence-electron chi connectivity index (χ0n) is 19.7. The highest BCUT2D eigenvalue weighted by molar-refractivity contribution is 5.93. The van der Waals surface area contributed by atoms with E-state index in [1.165, 1.54) is 0 Å². The Kier molecular flexibility index (Phi) is 5.93. The molecular formula is C26H39NO4. The highest BCUT2D eigenvalue weighted by atomic mass is 16.2. The lowest BCUT2D eigenvalue weighted by Crippen LogP contribution is -2.60. The largest absolute Gasteiger partial charge is 0.356 e. The van der Waals surface area contributed by atoms with E-state index in [4.69, 9.17) is 0 Å². The molecule has 4 fully saturated rings. The minimum absolute atomic E-state index is 0.0299. The predicted octanol–water partition coefficient (Wildman–Crippen LogP) is 4.12. The van der Waals surface area contributed by atoms with Gasteiger partial charge in [0.1, 0.15) is 17.3 Å².